The number of benzene rings is 1. The van der Waals surface area contributed by atoms with Gasteiger partial charge in [-0.3, -0.25) is 0 Å². The lowest BCUT2D eigenvalue weighted by molar-refractivity contribution is 0.458. The van der Waals surface area contributed by atoms with E-state index >= 15 is 0 Å². The molecule has 4 heteroatoms. The summed E-state index contributed by atoms with van der Waals surface area (Å²) in [6.07, 6.45) is 2.97. The van der Waals surface area contributed by atoms with Crippen LogP contribution in [0.4, 0.5) is 0 Å². The van der Waals surface area contributed by atoms with Gasteiger partial charge in [-0.2, -0.15) is 0 Å². The highest BCUT2D eigenvalue weighted by atomic mass is 35.5. The Morgan fingerprint density at radius 2 is 2.05 bits per heavy atom. The molecule has 0 spiro atoms. The third-order valence-corrected chi connectivity index (χ3v) is 3.45. The minimum atomic E-state index is 0.593. The Kier molecular flexibility index (Phi) is 5.59. The molecule has 0 atom stereocenters. The lowest BCUT2D eigenvalue weighted by Gasteiger charge is -2.11. The highest BCUT2D eigenvalue weighted by Gasteiger charge is 2.08. The lowest BCUT2D eigenvalue weighted by atomic mass is 10.2. The topological polar surface area (TPSA) is 34.2 Å². The molecular formula is C17H21ClN2O. The molecule has 1 aromatic heterocycles. The molecule has 1 heterocycles. The Labute approximate surface area is 131 Å². The summed E-state index contributed by atoms with van der Waals surface area (Å²) in [7, 11) is 0. The third-order valence-electron chi connectivity index (χ3n) is 3.14. The molecule has 0 amide bonds. The van der Waals surface area contributed by atoms with Crippen molar-refractivity contribution < 1.29 is 4.74 Å². The van der Waals surface area contributed by atoms with E-state index in [2.05, 4.69) is 23.3 Å². The molecule has 21 heavy (non-hydrogen) atoms. The van der Waals surface area contributed by atoms with Gasteiger partial charge >= 0.3 is 0 Å². The summed E-state index contributed by atoms with van der Waals surface area (Å²) in [5.74, 6) is 1.24. The Balaban J connectivity index is 2.12. The SMILES string of the molecule is CCCNCc1cnc(Oc2cc(C)ccc2Cl)c(C)c1. The molecule has 0 aliphatic carbocycles. The Hall–Kier alpha value is -1.58. The van der Waals surface area contributed by atoms with E-state index in [0.717, 1.165) is 36.2 Å². The van der Waals surface area contributed by atoms with Crippen LogP contribution >= 0.6 is 11.6 Å². The first-order chi connectivity index (χ1) is 10.1. The largest absolute Gasteiger partial charge is 0.437 e. The van der Waals surface area contributed by atoms with Crippen LogP contribution < -0.4 is 10.1 Å². The number of nitrogens with one attached hydrogen (secondary N) is 1. The lowest BCUT2D eigenvalue weighted by Crippen LogP contribution is -2.14. The quantitative estimate of drug-likeness (QED) is 0.789. The fourth-order valence-corrected chi connectivity index (χ4v) is 2.18. The molecule has 0 saturated heterocycles. The van der Waals surface area contributed by atoms with Crippen LogP contribution in [-0.4, -0.2) is 11.5 Å². The molecule has 2 rings (SSSR count). The Morgan fingerprint density at radius 1 is 1.24 bits per heavy atom. The van der Waals surface area contributed by atoms with Crippen molar-refractivity contribution in [2.45, 2.75) is 33.7 Å². The van der Waals surface area contributed by atoms with Crippen molar-refractivity contribution in [3.05, 3.63) is 52.2 Å². The van der Waals surface area contributed by atoms with Gasteiger partial charge in [-0.15, -0.1) is 0 Å². The number of aryl methyl sites for hydroxylation is 2. The molecule has 2 aromatic rings. The third kappa shape index (κ3) is 4.45. The van der Waals surface area contributed by atoms with E-state index in [1.165, 1.54) is 0 Å². The second kappa shape index (κ2) is 7.43. The van der Waals surface area contributed by atoms with Gasteiger partial charge in [0.1, 0.15) is 5.75 Å². The van der Waals surface area contributed by atoms with E-state index < -0.39 is 0 Å². The average molecular weight is 305 g/mol. The van der Waals surface area contributed by atoms with E-state index in [9.17, 15) is 0 Å². The van der Waals surface area contributed by atoms with Gasteiger partial charge in [-0.25, -0.2) is 4.98 Å². The molecule has 0 radical (unpaired) electrons. The highest BCUT2D eigenvalue weighted by Crippen LogP contribution is 2.30. The predicted molar refractivity (Wildman–Crippen MR) is 87.2 cm³/mol. The van der Waals surface area contributed by atoms with Gasteiger partial charge in [0, 0.05) is 18.3 Å². The molecule has 0 aliphatic heterocycles. The number of aromatic nitrogens is 1. The molecule has 112 valence electrons. The maximum atomic E-state index is 6.15. The van der Waals surface area contributed by atoms with Crippen LogP contribution in [-0.2, 0) is 6.54 Å². The molecule has 0 unspecified atom stereocenters. The second-order valence-electron chi connectivity index (χ2n) is 5.18. The number of hydrogen-bond donors (Lipinski definition) is 1. The zero-order chi connectivity index (χ0) is 15.2. The number of hydrogen-bond acceptors (Lipinski definition) is 3. The Bertz CT molecular complexity index is 614. The molecule has 1 aromatic carbocycles. The number of rotatable bonds is 6. The summed E-state index contributed by atoms with van der Waals surface area (Å²) in [5, 5.41) is 3.96. The predicted octanol–water partition coefficient (Wildman–Crippen LogP) is 4.64. The molecule has 3 nitrogen and oxygen atoms in total. The van der Waals surface area contributed by atoms with Crippen LogP contribution in [0.1, 0.15) is 30.0 Å². The number of ether oxygens (including phenoxy) is 1. The smallest absolute Gasteiger partial charge is 0.222 e. The van der Waals surface area contributed by atoms with E-state index in [0.29, 0.717) is 16.7 Å². The molecular weight excluding hydrogens is 284 g/mol. The fraction of sp³-hybridized carbons (Fsp3) is 0.353. The van der Waals surface area contributed by atoms with E-state index in [-0.39, 0.29) is 0 Å². The summed E-state index contributed by atoms with van der Waals surface area (Å²) in [5.41, 5.74) is 3.26. The zero-order valence-electron chi connectivity index (χ0n) is 12.7. The standard InChI is InChI=1S/C17H21ClN2O/c1-4-7-19-10-14-9-13(3)17(20-11-14)21-16-8-12(2)5-6-15(16)18/h5-6,8-9,11,19H,4,7,10H2,1-3H3. The van der Waals surface area contributed by atoms with Crippen molar-refractivity contribution in [2.75, 3.05) is 6.54 Å². The summed E-state index contributed by atoms with van der Waals surface area (Å²) >= 11 is 6.15. The van der Waals surface area contributed by atoms with E-state index in [1.54, 1.807) is 0 Å². The van der Waals surface area contributed by atoms with Gasteiger partial charge in [0.15, 0.2) is 0 Å². The molecule has 1 N–H and O–H groups in total. The summed E-state index contributed by atoms with van der Waals surface area (Å²) in [4.78, 5) is 4.40. The van der Waals surface area contributed by atoms with Crippen molar-refractivity contribution >= 4 is 11.6 Å². The molecule has 0 bridgehead atoms. The average Bonchev–Trinajstić information content (AvgIpc) is 2.46. The van der Waals surface area contributed by atoms with E-state index in [4.69, 9.17) is 16.3 Å². The number of pyridine rings is 1. The first kappa shape index (κ1) is 15.8. The van der Waals surface area contributed by atoms with Gasteiger partial charge in [0.25, 0.3) is 0 Å². The van der Waals surface area contributed by atoms with Gasteiger partial charge in [-0.1, -0.05) is 24.6 Å². The Morgan fingerprint density at radius 3 is 2.76 bits per heavy atom. The van der Waals surface area contributed by atoms with Gasteiger partial charge in [-0.05, 0) is 56.1 Å². The van der Waals surface area contributed by atoms with Crippen molar-refractivity contribution in [3.63, 3.8) is 0 Å². The monoisotopic (exact) mass is 304 g/mol. The van der Waals surface area contributed by atoms with Crippen molar-refractivity contribution in [1.29, 1.82) is 0 Å². The van der Waals surface area contributed by atoms with Crippen molar-refractivity contribution in [2.24, 2.45) is 0 Å². The van der Waals surface area contributed by atoms with Crippen molar-refractivity contribution in [3.8, 4) is 11.6 Å². The van der Waals surface area contributed by atoms with Crippen LogP contribution in [0.25, 0.3) is 0 Å². The first-order valence-electron chi connectivity index (χ1n) is 7.20. The minimum Gasteiger partial charge on any atom is -0.437 e. The highest BCUT2D eigenvalue weighted by molar-refractivity contribution is 6.32. The molecule has 0 fully saturated rings. The minimum absolute atomic E-state index is 0.593. The van der Waals surface area contributed by atoms with Gasteiger partial charge in [0.2, 0.25) is 5.88 Å². The first-order valence-corrected chi connectivity index (χ1v) is 7.58. The van der Waals surface area contributed by atoms with Crippen LogP contribution in [0.15, 0.2) is 30.5 Å². The second-order valence-corrected chi connectivity index (χ2v) is 5.59. The maximum absolute atomic E-state index is 6.15. The zero-order valence-corrected chi connectivity index (χ0v) is 13.5. The van der Waals surface area contributed by atoms with Crippen molar-refractivity contribution in [1.82, 2.24) is 10.3 Å². The van der Waals surface area contributed by atoms with Crippen LogP contribution in [0.3, 0.4) is 0 Å². The molecule has 0 aliphatic rings. The summed E-state index contributed by atoms with van der Waals surface area (Å²) in [6, 6.07) is 7.80. The van der Waals surface area contributed by atoms with Crippen LogP contribution in [0, 0.1) is 13.8 Å². The van der Waals surface area contributed by atoms with Gasteiger partial charge in [0.05, 0.1) is 5.02 Å². The van der Waals surface area contributed by atoms with Gasteiger partial charge < -0.3 is 10.1 Å². The van der Waals surface area contributed by atoms with E-state index in [1.807, 2.05) is 38.2 Å². The summed E-state index contributed by atoms with van der Waals surface area (Å²) in [6.45, 7) is 7.99. The maximum Gasteiger partial charge on any atom is 0.222 e. The number of halogens is 1. The molecule has 0 saturated carbocycles. The fourth-order valence-electron chi connectivity index (χ4n) is 2.03. The van der Waals surface area contributed by atoms with Crippen LogP contribution in [0.2, 0.25) is 5.02 Å². The summed E-state index contributed by atoms with van der Waals surface area (Å²) < 4.78 is 5.84. The normalized spacial score (nSPS) is 10.7. The number of nitrogens with zero attached hydrogens (tertiary/aromatic N) is 1. The van der Waals surface area contributed by atoms with Crippen LogP contribution in [0.5, 0.6) is 11.6 Å².